The van der Waals surface area contributed by atoms with Crippen LogP contribution in [0.5, 0.6) is 5.75 Å². The van der Waals surface area contributed by atoms with Gasteiger partial charge in [0.05, 0.1) is 0 Å². The predicted octanol–water partition coefficient (Wildman–Crippen LogP) is 3.63. The molecule has 9 heteroatoms. The van der Waals surface area contributed by atoms with E-state index in [-0.39, 0.29) is 0 Å². The molecular formula is C15H12F4O4S. The van der Waals surface area contributed by atoms with Gasteiger partial charge in [0.2, 0.25) is 11.6 Å². The standard InChI is InChI=1S/C15H12F4O4S/c1-2-8-3-5-9(6-4-8)7-23-14-10(16)12(18)15(24(20,21)22)13(19)11(14)17/h3-6H,2,7H2,1H3,(H,20,21,22). The maximum absolute atomic E-state index is 13.8. The summed E-state index contributed by atoms with van der Waals surface area (Å²) in [7, 11) is -5.49. The first kappa shape index (κ1) is 18.2. The van der Waals surface area contributed by atoms with Crippen LogP contribution in [0.15, 0.2) is 29.2 Å². The molecule has 0 amide bonds. The average molecular weight is 364 g/mol. The van der Waals surface area contributed by atoms with E-state index in [4.69, 9.17) is 9.29 Å². The van der Waals surface area contributed by atoms with E-state index in [2.05, 4.69) is 0 Å². The summed E-state index contributed by atoms with van der Waals surface area (Å²) in [6, 6.07) is 6.70. The molecule has 4 nitrogen and oxygen atoms in total. The van der Waals surface area contributed by atoms with Crippen molar-refractivity contribution in [1.82, 2.24) is 0 Å². The highest BCUT2D eigenvalue weighted by Crippen LogP contribution is 2.32. The Labute approximate surface area is 135 Å². The summed E-state index contributed by atoms with van der Waals surface area (Å²) < 4.78 is 89.9. The van der Waals surface area contributed by atoms with Gasteiger partial charge in [0.1, 0.15) is 6.61 Å². The molecule has 2 aromatic rings. The van der Waals surface area contributed by atoms with Crippen molar-refractivity contribution in [2.75, 3.05) is 0 Å². The van der Waals surface area contributed by atoms with E-state index in [1.165, 1.54) is 0 Å². The largest absolute Gasteiger partial charge is 0.483 e. The first-order valence-electron chi connectivity index (χ1n) is 6.70. The third-order valence-corrected chi connectivity index (χ3v) is 4.13. The molecule has 0 heterocycles. The molecule has 130 valence electrons. The van der Waals surface area contributed by atoms with Gasteiger partial charge in [0.15, 0.2) is 22.3 Å². The number of hydrogen-bond acceptors (Lipinski definition) is 3. The minimum Gasteiger partial charge on any atom is -0.483 e. The summed E-state index contributed by atoms with van der Waals surface area (Å²) >= 11 is 0. The molecule has 0 aliphatic carbocycles. The van der Waals surface area contributed by atoms with Crippen molar-refractivity contribution in [3.05, 3.63) is 58.7 Å². The number of aryl methyl sites for hydroxylation is 1. The first-order chi connectivity index (χ1) is 11.2. The van der Waals surface area contributed by atoms with Crippen molar-refractivity contribution in [3.8, 4) is 5.75 Å². The molecule has 2 rings (SSSR count). The second-order valence-electron chi connectivity index (χ2n) is 4.85. The van der Waals surface area contributed by atoms with Crippen LogP contribution < -0.4 is 4.74 Å². The summed E-state index contributed by atoms with van der Waals surface area (Å²) in [5, 5.41) is 0. The molecule has 0 unspecified atom stereocenters. The monoisotopic (exact) mass is 364 g/mol. The van der Waals surface area contributed by atoms with E-state index in [0.717, 1.165) is 12.0 Å². The molecule has 0 saturated heterocycles. The zero-order chi connectivity index (χ0) is 18.1. The molecule has 0 aromatic heterocycles. The van der Waals surface area contributed by atoms with Crippen LogP contribution in [0.1, 0.15) is 18.1 Å². The fourth-order valence-electron chi connectivity index (χ4n) is 1.97. The lowest BCUT2D eigenvalue weighted by Crippen LogP contribution is -2.12. The van der Waals surface area contributed by atoms with Gasteiger partial charge in [-0.1, -0.05) is 31.2 Å². The van der Waals surface area contributed by atoms with Crippen LogP contribution in [0.3, 0.4) is 0 Å². The van der Waals surface area contributed by atoms with Crippen molar-refractivity contribution < 1.29 is 35.3 Å². The molecule has 0 fully saturated rings. The van der Waals surface area contributed by atoms with Gasteiger partial charge in [-0.05, 0) is 17.5 Å². The van der Waals surface area contributed by atoms with Gasteiger partial charge >= 0.3 is 10.1 Å². The predicted molar refractivity (Wildman–Crippen MR) is 76.2 cm³/mol. The minimum absolute atomic E-state index is 0.401. The summed E-state index contributed by atoms with van der Waals surface area (Å²) in [6.45, 7) is 1.53. The first-order valence-corrected chi connectivity index (χ1v) is 8.14. The summed E-state index contributed by atoms with van der Waals surface area (Å²) in [5.41, 5.74) is 1.48. The number of halogens is 4. The van der Waals surface area contributed by atoms with E-state index in [9.17, 15) is 26.0 Å². The Morgan fingerprint density at radius 3 is 1.79 bits per heavy atom. The van der Waals surface area contributed by atoms with E-state index >= 15 is 0 Å². The molecule has 0 atom stereocenters. The summed E-state index contributed by atoms with van der Waals surface area (Å²) in [5.74, 6) is -10.0. The fourth-order valence-corrected chi connectivity index (χ4v) is 2.60. The van der Waals surface area contributed by atoms with Crippen LogP contribution in [0.2, 0.25) is 0 Å². The van der Waals surface area contributed by atoms with Crippen molar-refractivity contribution in [3.63, 3.8) is 0 Å². The van der Waals surface area contributed by atoms with Crippen LogP contribution >= 0.6 is 0 Å². The second-order valence-corrected chi connectivity index (χ2v) is 6.21. The Morgan fingerprint density at radius 1 is 0.917 bits per heavy atom. The molecule has 0 radical (unpaired) electrons. The highest BCUT2D eigenvalue weighted by molar-refractivity contribution is 7.85. The van der Waals surface area contributed by atoms with Crippen molar-refractivity contribution in [2.45, 2.75) is 24.8 Å². The molecule has 2 aromatic carbocycles. The maximum atomic E-state index is 13.8. The van der Waals surface area contributed by atoms with E-state index in [1.807, 2.05) is 6.92 Å². The van der Waals surface area contributed by atoms with Crippen LogP contribution in [-0.4, -0.2) is 13.0 Å². The average Bonchev–Trinajstić information content (AvgIpc) is 2.52. The fraction of sp³-hybridized carbons (Fsp3) is 0.200. The summed E-state index contributed by atoms with van der Waals surface area (Å²) in [6.07, 6.45) is 0.776. The Bertz CT molecular complexity index is 835. The number of hydrogen-bond donors (Lipinski definition) is 1. The van der Waals surface area contributed by atoms with E-state index in [0.29, 0.717) is 5.56 Å². The zero-order valence-electron chi connectivity index (χ0n) is 12.3. The van der Waals surface area contributed by atoms with Gasteiger partial charge in [-0.15, -0.1) is 0 Å². The zero-order valence-corrected chi connectivity index (χ0v) is 13.1. The lowest BCUT2D eigenvalue weighted by atomic mass is 10.1. The molecule has 24 heavy (non-hydrogen) atoms. The van der Waals surface area contributed by atoms with Gasteiger partial charge < -0.3 is 4.74 Å². The molecule has 0 bridgehead atoms. The van der Waals surface area contributed by atoms with Crippen LogP contribution in [0.4, 0.5) is 17.6 Å². The SMILES string of the molecule is CCc1ccc(COc2c(F)c(F)c(S(=O)(=O)O)c(F)c2F)cc1. The van der Waals surface area contributed by atoms with Crippen LogP contribution in [0.25, 0.3) is 0 Å². The molecule has 0 spiro atoms. The van der Waals surface area contributed by atoms with Gasteiger partial charge in [0, 0.05) is 0 Å². The second kappa shape index (κ2) is 6.78. The van der Waals surface area contributed by atoms with Crippen molar-refractivity contribution in [2.24, 2.45) is 0 Å². The number of benzene rings is 2. The number of ether oxygens (including phenoxy) is 1. The van der Waals surface area contributed by atoms with Crippen LogP contribution in [0, 0.1) is 23.3 Å². The lowest BCUT2D eigenvalue weighted by Gasteiger charge is -2.12. The molecule has 0 aliphatic heterocycles. The van der Waals surface area contributed by atoms with Crippen molar-refractivity contribution >= 4 is 10.1 Å². The topological polar surface area (TPSA) is 63.6 Å². The lowest BCUT2D eigenvalue weighted by molar-refractivity contribution is 0.257. The Hall–Kier alpha value is -2.13. The minimum atomic E-state index is -5.49. The van der Waals surface area contributed by atoms with Gasteiger partial charge in [-0.25, -0.2) is 8.78 Å². The van der Waals surface area contributed by atoms with Crippen molar-refractivity contribution in [1.29, 1.82) is 0 Å². The Kier molecular flexibility index (Phi) is 5.14. The highest BCUT2D eigenvalue weighted by atomic mass is 32.2. The van der Waals surface area contributed by atoms with Gasteiger partial charge in [-0.3, -0.25) is 4.55 Å². The third-order valence-electron chi connectivity index (χ3n) is 3.26. The highest BCUT2D eigenvalue weighted by Gasteiger charge is 2.33. The molecule has 1 N–H and O–H groups in total. The van der Waals surface area contributed by atoms with E-state index < -0.39 is 50.6 Å². The molecular weight excluding hydrogens is 352 g/mol. The molecule has 0 aliphatic rings. The Morgan fingerprint density at radius 2 is 1.38 bits per heavy atom. The van der Waals surface area contributed by atoms with Gasteiger partial charge in [0.25, 0.3) is 0 Å². The number of rotatable bonds is 5. The Balaban J connectivity index is 2.37. The maximum Gasteiger partial charge on any atom is 0.300 e. The van der Waals surface area contributed by atoms with Crippen LogP contribution in [-0.2, 0) is 23.1 Å². The smallest absolute Gasteiger partial charge is 0.300 e. The molecule has 0 saturated carbocycles. The summed E-state index contributed by atoms with van der Waals surface area (Å²) in [4.78, 5) is -2.10. The quantitative estimate of drug-likeness (QED) is 0.500. The normalized spacial score (nSPS) is 11.6. The van der Waals surface area contributed by atoms with Gasteiger partial charge in [-0.2, -0.15) is 17.2 Å². The third kappa shape index (κ3) is 3.51. The van der Waals surface area contributed by atoms with E-state index in [1.54, 1.807) is 24.3 Å².